The minimum Gasteiger partial charge on any atom is -0.435 e. The van der Waals surface area contributed by atoms with Gasteiger partial charge in [0.25, 0.3) is 0 Å². The lowest BCUT2D eigenvalue weighted by Crippen LogP contribution is -2.03. The van der Waals surface area contributed by atoms with E-state index in [1.807, 2.05) is 0 Å². The second-order valence-electron chi connectivity index (χ2n) is 5.02. The third kappa shape index (κ3) is 4.14. The largest absolute Gasteiger partial charge is 0.435 e. The van der Waals surface area contributed by atoms with E-state index in [2.05, 4.69) is 9.72 Å². The maximum Gasteiger partial charge on any atom is 0.416 e. The Labute approximate surface area is 143 Å². The van der Waals surface area contributed by atoms with Gasteiger partial charge in [0, 0.05) is 16.5 Å². The molecule has 1 heterocycles. The van der Waals surface area contributed by atoms with Crippen LogP contribution in [0.15, 0.2) is 53.9 Å². The van der Waals surface area contributed by atoms with Gasteiger partial charge >= 0.3 is 12.8 Å². The molecule has 0 aliphatic heterocycles. The Kier molecular flexibility index (Phi) is 4.71. The zero-order valence-electron chi connectivity index (χ0n) is 12.4. The summed E-state index contributed by atoms with van der Waals surface area (Å²) in [6.45, 7) is -2.92. The first kappa shape index (κ1) is 17.3. The molecule has 0 spiro atoms. The molecule has 0 saturated heterocycles. The summed E-state index contributed by atoms with van der Waals surface area (Å²) in [5.74, 6) is 0.0107. The quantitative estimate of drug-likeness (QED) is 0.517. The highest BCUT2D eigenvalue weighted by atomic mass is 32.1. The normalized spacial score (nSPS) is 11.8. The van der Waals surface area contributed by atoms with Crippen LogP contribution >= 0.6 is 11.3 Å². The molecular weight excluding hydrogens is 361 g/mol. The number of benzene rings is 2. The van der Waals surface area contributed by atoms with Crippen LogP contribution in [0.2, 0.25) is 0 Å². The number of thiazole rings is 1. The Morgan fingerprint density at radius 3 is 2.32 bits per heavy atom. The first-order valence-electron chi connectivity index (χ1n) is 7.01. The van der Waals surface area contributed by atoms with Gasteiger partial charge in [-0.1, -0.05) is 24.3 Å². The molecule has 3 rings (SSSR count). The minimum absolute atomic E-state index is 0.0107. The van der Waals surface area contributed by atoms with Gasteiger partial charge in [-0.2, -0.15) is 22.0 Å². The summed E-state index contributed by atoms with van der Waals surface area (Å²) >= 11 is 1.25. The van der Waals surface area contributed by atoms with Gasteiger partial charge in [-0.25, -0.2) is 4.98 Å². The molecule has 2 nitrogen and oxygen atoms in total. The summed E-state index contributed by atoms with van der Waals surface area (Å²) in [4.78, 5) is 4.36. The number of hydrogen-bond donors (Lipinski definition) is 0. The summed E-state index contributed by atoms with van der Waals surface area (Å²) in [6.07, 6.45) is -4.39. The van der Waals surface area contributed by atoms with Crippen molar-refractivity contribution in [2.75, 3.05) is 0 Å². The highest BCUT2D eigenvalue weighted by molar-refractivity contribution is 7.13. The van der Waals surface area contributed by atoms with Gasteiger partial charge < -0.3 is 4.74 Å². The van der Waals surface area contributed by atoms with E-state index in [0.29, 0.717) is 21.8 Å². The summed E-state index contributed by atoms with van der Waals surface area (Å²) in [5.41, 5.74) is 0.918. The molecule has 0 radical (unpaired) electrons. The number of aromatic nitrogens is 1. The summed E-state index contributed by atoms with van der Waals surface area (Å²) < 4.78 is 66.7. The van der Waals surface area contributed by atoms with Crippen LogP contribution in [0.25, 0.3) is 21.8 Å². The Hall–Kier alpha value is -2.48. The van der Waals surface area contributed by atoms with Crippen molar-refractivity contribution in [3.63, 3.8) is 0 Å². The zero-order chi connectivity index (χ0) is 18.0. The van der Waals surface area contributed by atoms with Crippen LogP contribution in [0.5, 0.6) is 5.75 Å². The molecule has 0 unspecified atom stereocenters. The highest BCUT2D eigenvalue weighted by Crippen LogP contribution is 2.33. The average Bonchev–Trinajstić information content (AvgIpc) is 3.04. The van der Waals surface area contributed by atoms with E-state index < -0.39 is 18.4 Å². The molecule has 2 aromatic carbocycles. The summed E-state index contributed by atoms with van der Waals surface area (Å²) in [5, 5.41) is 2.23. The van der Waals surface area contributed by atoms with E-state index in [1.54, 1.807) is 17.5 Å². The lowest BCUT2D eigenvalue weighted by atomic mass is 10.1. The summed E-state index contributed by atoms with van der Waals surface area (Å²) in [7, 11) is 0. The number of alkyl halides is 5. The fourth-order valence-electron chi connectivity index (χ4n) is 2.17. The van der Waals surface area contributed by atoms with Crippen molar-refractivity contribution >= 4 is 11.3 Å². The van der Waals surface area contributed by atoms with Crippen molar-refractivity contribution in [3.05, 3.63) is 59.5 Å². The second-order valence-corrected chi connectivity index (χ2v) is 5.88. The maximum atomic E-state index is 12.6. The molecule has 130 valence electrons. The monoisotopic (exact) mass is 371 g/mol. The smallest absolute Gasteiger partial charge is 0.416 e. The van der Waals surface area contributed by atoms with E-state index in [0.717, 1.165) is 12.1 Å². The third-order valence-corrected chi connectivity index (χ3v) is 4.21. The van der Waals surface area contributed by atoms with Crippen LogP contribution in [-0.2, 0) is 6.18 Å². The van der Waals surface area contributed by atoms with Gasteiger partial charge in [0.1, 0.15) is 10.8 Å². The SMILES string of the molecule is FC(F)Oc1cccc(-c2csc(-c3ccc(C(F)(F)F)cc3)n2)c1. The van der Waals surface area contributed by atoms with E-state index in [1.165, 1.54) is 35.6 Å². The van der Waals surface area contributed by atoms with Crippen molar-refractivity contribution in [3.8, 4) is 27.6 Å². The van der Waals surface area contributed by atoms with Crippen LogP contribution in [0.3, 0.4) is 0 Å². The Morgan fingerprint density at radius 2 is 1.68 bits per heavy atom. The molecule has 0 saturated carbocycles. The van der Waals surface area contributed by atoms with Crippen molar-refractivity contribution in [1.29, 1.82) is 0 Å². The average molecular weight is 371 g/mol. The van der Waals surface area contributed by atoms with Gasteiger partial charge in [0.15, 0.2) is 0 Å². The number of nitrogens with zero attached hydrogens (tertiary/aromatic N) is 1. The van der Waals surface area contributed by atoms with Crippen molar-refractivity contribution in [2.45, 2.75) is 12.8 Å². The number of rotatable bonds is 4. The Balaban J connectivity index is 1.85. The van der Waals surface area contributed by atoms with Crippen LogP contribution in [0.4, 0.5) is 22.0 Å². The molecule has 0 atom stereocenters. The molecule has 8 heteroatoms. The Bertz CT molecular complexity index is 858. The third-order valence-electron chi connectivity index (χ3n) is 3.32. The van der Waals surface area contributed by atoms with E-state index in [9.17, 15) is 22.0 Å². The van der Waals surface area contributed by atoms with Crippen molar-refractivity contribution in [2.24, 2.45) is 0 Å². The van der Waals surface area contributed by atoms with Crippen molar-refractivity contribution < 1.29 is 26.7 Å². The molecule has 0 aliphatic rings. The van der Waals surface area contributed by atoms with E-state index >= 15 is 0 Å². The zero-order valence-corrected chi connectivity index (χ0v) is 13.2. The molecule has 1 aromatic heterocycles. The van der Waals surface area contributed by atoms with Crippen LogP contribution in [0, 0.1) is 0 Å². The lowest BCUT2D eigenvalue weighted by molar-refractivity contribution is -0.137. The lowest BCUT2D eigenvalue weighted by Gasteiger charge is -2.06. The Morgan fingerprint density at radius 1 is 0.960 bits per heavy atom. The van der Waals surface area contributed by atoms with E-state index in [-0.39, 0.29) is 5.75 Å². The van der Waals surface area contributed by atoms with Gasteiger partial charge in [-0.15, -0.1) is 11.3 Å². The first-order chi connectivity index (χ1) is 11.8. The van der Waals surface area contributed by atoms with Crippen LogP contribution in [-0.4, -0.2) is 11.6 Å². The standard InChI is InChI=1S/C17H10F5NOS/c18-16(19)24-13-3-1-2-11(8-13)14-9-25-15(23-14)10-4-6-12(7-5-10)17(20,21)22/h1-9,16H. The summed E-state index contributed by atoms with van der Waals surface area (Å²) in [6, 6.07) is 10.8. The number of halogens is 5. The molecule has 25 heavy (non-hydrogen) atoms. The first-order valence-corrected chi connectivity index (χ1v) is 7.89. The van der Waals surface area contributed by atoms with Crippen molar-refractivity contribution in [1.82, 2.24) is 4.98 Å². The van der Waals surface area contributed by atoms with Gasteiger partial charge in [0.2, 0.25) is 0 Å². The molecule has 3 aromatic rings. The van der Waals surface area contributed by atoms with Crippen LogP contribution in [0.1, 0.15) is 5.56 Å². The predicted octanol–water partition coefficient (Wildman–Crippen LogP) is 6.10. The molecule has 0 N–H and O–H groups in total. The topological polar surface area (TPSA) is 22.1 Å². The number of ether oxygens (including phenoxy) is 1. The fourth-order valence-corrected chi connectivity index (χ4v) is 3.01. The molecular formula is C17H10F5NOS. The van der Waals surface area contributed by atoms with E-state index in [4.69, 9.17) is 0 Å². The van der Waals surface area contributed by atoms with Gasteiger partial charge in [-0.3, -0.25) is 0 Å². The molecule has 0 aliphatic carbocycles. The number of hydrogen-bond acceptors (Lipinski definition) is 3. The predicted molar refractivity (Wildman–Crippen MR) is 84.6 cm³/mol. The minimum atomic E-state index is -4.39. The fraction of sp³-hybridized carbons (Fsp3) is 0.118. The molecule has 0 bridgehead atoms. The van der Waals surface area contributed by atoms with Gasteiger partial charge in [-0.05, 0) is 24.3 Å². The highest BCUT2D eigenvalue weighted by Gasteiger charge is 2.30. The van der Waals surface area contributed by atoms with Gasteiger partial charge in [0.05, 0.1) is 11.3 Å². The molecule has 0 amide bonds. The maximum absolute atomic E-state index is 12.6. The van der Waals surface area contributed by atoms with Crippen LogP contribution < -0.4 is 4.74 Å². The molecule has 0 fully saturated rings. The second kappa shape index (κ2) is 6.79.